The molecule has 2 rings (SSSR count). The zero-order chi connectivity index (χ0) is 10.0. The molecule has 1 unspecified atom stereocenters. The SMILES string of the molecule is COC(=O)C1(N2CCCC2)CCNC1. The Morgan fingerprint density at radius 3 is 2.64 bits per heavy atom. The maximum absolute atomic E-state index is 11.8. The van der Waals surface area contributed by atoms with Crippen LogP contribution in [0.25, 0.3) is 0 Å². The summed E-state index contributed by atoms with van der Waals surface area (Å²) in [4.78, 5) is 14.1. The minimum Gasteiger partial charge on any atom is -0.468 e. The second kappa shape index (κ2) is 3.87. The Balaban J connectivity index is 2.16. The Hall–Kier alpha value is -0.610. The van der Waals surface area contributed by atoms with Crippen molar-refractivity contribution in [2.24, 2.45) is 0 Å². The van der Waals surface area contributed by atoms with Crippen LogP contribution in [0.5, 0.6) is 0 Å². The van der Waals surface area contributed by atoms with Crippen molar-refractivity contribution in [2.45, 2.75) is 24.8 Å². The lowest BCUT2D eigenvalue weighted by Crippen LogP contribution is -2.55. The van der Waals surface area contributed by atoms with Crippen LogP contribution in [0.3, 0.4) is 0 Å². The van der Waals surface area contributed by atoms with Gasteiger partial charge in [-0.15, -0.1) is 0 Å². The summed E-state index contributed by atoms with van der Waals surface area (Å²) >= 11 is 0. The topological polar surface area (TPSA) is 41.6 Å². The van der Waals surface area contributed by atoms with Crippen molar-refractivity contribution >= 4 is 5.97 Å². The summed E-state index contributed by atoms with van der Waals surface area (Å²) in [5.41, 5.74) is -0.356. The van der Waals surface area contributed by atoms with Crippen LogP contribution >= 0.6 is 0 Å². The number of esters is 1. The zero-order valence-corrected chi connectivity index (χ0v) is 8.71. The van der Waals surface area contributed by atoms with E-state index in [0.29, 0.717) is 0 Å². The third-order valence-electron chi connectivity index (χ3n) is 3.41. The number of nitrogens with one attached hydrogen (secondary N) is 1. The summed E-state index contributed by atoms with van der Waals surface area (Å²) in [7, 11) is 1.48. The first kappa shape index (κ1) is 9.93. The summed E-state index contributed by atoms with van der Waals surface area (Å²) < 4.78 is 4.93. The summed E-state index contributed by atoms with van der Waals surface area (Å²) in [6, 6.07) is 0. The van der Waals surface area contributed by atoms with Crippen molar-refractivity contribution in [1.29, 1.82) is 0 Å². The molecule has 4 heteroatoms. The van der Waals surface area contributed by atoms with Crippen molar-refractivity contribution in [3.8, 4) is 0 Å². The number of rotatable bonds is 2. The van der Waals surface area contributed by atoms with E-state index in [1.165, 1.54) is 20.0 Å². The van der Waals surface area contributed by atoms with E-state index in [2.05, 4.69) is 10.2 Å². The van der Waals surface area contributed by atoms with Crippen LogP contribution in [-0.2, 0) is 9.53 Å². The van der Waals surface area contributed by atoms with Gasteiger partial charge in [0.05, 0.1) is 7.11 Å². The standard InChI is InChI=1S/C10H18N2O2/c1-14-9(13)10(4-5-11-8-10)12-6-2-3-7-12/h11H,2-8H2,1H3. The van der Waals surface area contributed by atoms with Gasteiger partial charge in [-0.25, -0.2) is 4.79 Å². The van der Waals surface area contributed by atoms with Gasteiger partial charge in [0.1, 0.15) is 5.54 Å². The fourth-order valence-electron chi connectivity index (χ4n) is 2.59. The van der Waals surface area contributed by atoms with E-state index >= 15 is 0 Å². The zero-order valence-electron chi connectivity index (χ0n) is 8.71. The molecule has 2 saturated heterocycles. The van der Waals surface area contributed by atoms with Crippen molar-refractivity contribution < 1.29 is 9.53 Å². The molecule has 4 nitrogen and oxygen atoms in total. The highest BCUT2D eigenvalue weighted by Crippen LogP contribution is 2.28. The van der Waals surface area contributed by atoms with Gasteiger partial charge in [0.15, 0.2) is 0 Å². The number of carbonyl (C=O) groups excluding carboxylic acids is 1. The quantitative estimate of drug-likeness (QED) is 0.634. The molecule has 0 spiro atoms. The average Bonchev–Trinajstić information content (AvgIpc) is 2.86. The Morgan fingerprint density at radius 2 is 2.14 bits per heavy atom. The second-order valence-electron chi connectivity index (χ2n) is 4.14. The van der Waals surface area contributed by atoms with Gasteiger partial charge >= 0.3 is 5.97 Å². The van der Waals surface area contributed by atoms with Crippen molar-refractivity contribution in [3.63, 3.8) is 0 Å². The molecule has 0 aromatic heterocycles. The highest BCUT2D eigenvalue weighted by Gasteiger charge is 2.47. The molecule has 0 bridgehead atoms. The van der Waals surface area contributed by atoms with Gasteiger partial charge < -0.3 is 10.1 Å². The first-order chi connectivity index (χ1) is 6.79. The van der Waals surface area contributed by atoms with E-state index in [9.17, 15) is 4.79 Å². The Labute approximate surface area is 84.6 Å². The Kier molecular flexibility index (Phi) is 2.74. The monoisotopic (exact) mass is 198 g/mol. The second-order valence-corrected chi connectivity index (χ2v) is 4.14. The van der Waals surface area contributed by atoms with E-state index < -0.39 is 0 Å². The Morgan fingerprint density at radius 1 is 1.43 bits per heavy atom. The van der Waals surface area contributed by atoms with E-state index in [1.807, 2.05) is 0 Å². The van der Waals surface area contributed by atoms with E-state index in [4.69, 9.17) is 4.74 Å². The number of hydrogen-bond acceptors (Lipinski definition) is 4. The molecule has 80 valence electrons. The van der Waals surface area contributed by atoms with Gasteiger partial charge in [-0.2, -0.15) is 0 Å². The molecule has 2 aliphatic heterocycles. The number of ether oxygens (including phenoxy) is 1. The molecule has 1 atom stereocenters. The summed E-state index contributed by atoms with van der Waals surface area (Å²) in [5, 5.41) is 3.26. The van der Waals surface area contributed by atoms with Crippen LogP contribution in [0.1, 0.15) is 19.3 Å². The highest BCUT2D eigenvalue weighted by atomic mass is 16.5. The van der Waals surface area contributed by atoms with Crippen LogP contribution in [0, 0.1) is 0 Å². The van der Waals surface area contributed by atoms with Gasteiger partial charge in [0.25, 0.3) is 0 Å². The Bertz CT molecular complexity index is 218. The van der Waals surface area contributed by atoms with Gasteiger partial charge in [0, 0.05) is 6.54 Å². The molecular weight excluding hydrogens is 180 g/mol. The van der Waals surface area contributed by atoms with E-state index in [0.717, 1.165) is 32.6 Å². The molecule has 14 heavy (non-hydrogen) atoms. The smallest absolute Gasteiger partial charge is 0.327 e. The molecule has 2 aliphatic rings. The lowest BCUT2D eigenvalue weighted by Gasteiger charge is -2.34. The van der Waals surface area contributed by atoms with Gasteiger partial charge in [-0.1, -0.05) is 0 Å². The third kappa shape index (κ3) is 1.42. The lowest BCUT2D eigenvalue weighted by atomic mass is 9.96. The molecular formula is C10H18N2O2. The number of hydrogen-bond donors (Lipinski definition) is 1. The van der Waals surface area contributed by atoms with Crippen molar-refractivity contribution in [1.82, 2.24) is 10.2 Å². The molecule has 0 amide bonds. The van der Waals surface area contributed by atoms with Gasteiger partial charge in [-0.3, -0.25) is 4.90 Å². The van der Waals surface area contributed by atoms with Crippen LogP contribution in [-0.4, -0.2) is 49.7 Å². The fraction of sp³-hybridized carbons (Fsp3) is 0.900. The molecule has 0 aromatic rings. The molecule has 2 fully saturated rings. The minimum absolute atomic E-state index is 0.0654. The fourth-order valence-corrected chi connectivity index (χ4v) is 2.59. The van der Waals surface area contributed by atoms with Crippen LogP contribution in [0.4, 0.5) is 0 Å². The van der Waals surface area contributed by atoms with Gasteiger partial charge in [-0.05, 0) is 38.9 Å². The highest BCUT2D eigenvalue weighted by molar-refractivity contribution is 5.81. The summed E-state index contributed by atoms with van der Waals surface area (Å²) in [6.07, 6.45) is 3.30. The maximum atomic E-state index is 11.8. The maximum Gasteiger partial charge on any atom is 0.327 e. The predicted octanol–water partition coefficient (Wildman–Crippen LogP) is -0.0127. The third-order valence-corrected chi connectivity index (χ3v) is 3.41. The molecule has 0 aliphatic carbocycles. The lowest BCUT2D eigenvalue weighted by molar-refractivity contribution is -0.153. The molecule has 0 saturated carbocycles. The van der Waals surface area contributed by atoms with E-state index in [-0.39, 0.29) is 11.5 Å². The molecule has 0 radical (unpaired) electrons. The molecule has 1 N–H and O–H groups in total. The van der Waals surface area contributed by atoms with Gasteiger partial charge in [0.2, 0.25) is 0 Å². The van der Waals surface area contributed by atoms with E-state index in [1.54, 1.807) is 0 Å². The first-order valence-corrected chi connectivity index (χ1v) is 5.34. The van der Waals surface area contributed by atoms with Crippen LogP contribution in [0.15, 0.2) is 0 Å². The number of likely N-dealkylation sites (tertiary alicyclic amines) is 1. The van der Waals surface area contributed by atoms with Crippen molar-refractivity contribution in [2.75, 3.05) is 33.3 Å². The normalized spacial score (nSPS) is 33.5. The average molecular weight is 198 g/mol. The molecule has 2 heterocycles. The van der Waals surface area contributed by atoms with Crippen molar-refractivity contribution in [3.05, 3.63) is 0 Å². The summed E-state index contributed by atoms with van der Waals surface area (Å²) in [5.74, 6) is -0.0654. The first-order valence-electron chi connectivity index (χ1n) is 5.34. The molecule has 0 aromatic carbocycles. The number of carbonyl (C=O) groups is 1. The number of nitrogens with zero attached hydrogens (tertiary/aromatic N) is 1. The largest absolute Gasteiger partial charge is 0.468 e. The number of methoxy groups -OCH3 is 1. The predicted molar refractivity (Wildman–Crippen MR) is 53.0 cm³/mol. The van der Waals surface area contributed by atoms with Crippen LogP contribution in [0.2, 0.25) is 0 Å². The summed E-state index contributed by atoms with van der Waals surface area (Å²) in [6.45, 7) is 3.75. The minimum atomic E-state index is -0.356. The van der Waals surface area contributed by atoms with Crippen LogP contribution < -0.4 is 5.32 Å².